The molecule has 5 heteroatoms. The van der Waals surface area contributed by atoms with E-state index in [1.807, 2.05) is 0 Å². The van der Waals surface area contributed by atoms with Crippen molar-refractivity contribution < 1.29 is 14.3 Å². The van der Waals surface area contributed by atoms with Gasteiger partial charge in [-0.15, -0.1) is 0 Å². The number of carbonyl (C=O) groups excluding carboxylic acids is 1. The Kier molecular flexibility index (Phi) is 2.87. The first-order chi connectivity index (χ1) is 7.15. The first-order valence-electron chi connectivity index (χ1n) is 4.33. The van der Waals surface area contributed by atoms with E-state index in [1.54, 1.807) is 12.1 Å². The fourth-order valence-corrected chi connectivity index (χ4v) is 1.74. The molecule has 1 unspecified atom stereocenters. The molecule has 1 aliphatic rings. The second kappa shape index (κ2) is 4.00. The van der Waals surface area contributed by atoms with Gasteiger partial charge in [0.05, 0.1) is 18.7 Å². The van der Waals surface area contributed by atoms with Crippen molar-refractivity contribution in [3.63, 3.8) is 0 Å². The number of rotatable bonds is 3. The molecule has 0 spiro atoms. The maximum atomic E-state index is 11.7. The van der Waals surface area contributed by atoms with E-state index in [4.69, 9.17) is 32.7 Å². The summed E-state index contributed by atoms with van der Waals surface area (Å²) in [6, 6.07) is 3.21. The van der Waals surface area contributed by atoms with Crippen molar-refractivity contribution in [2.24, 2.45) is 0 Å². The molecule has 2 rings (SSSR count). The summed E-state index contributed by atoms with van der Waals surface area (Å²) in [5.74, 6) is 0.319. The topological polar surface area (TPSA) is 38.8 Å². The number of ketones is 1. The molecule has 3 nitrogen and oxygen atoms in total. The molecule has 0 amide bonds. The molecule has 0 aromatic heterocycles. The van der Waals surface area contributed by atoms with Crippen LogP contribution in [0, 0.1) is 0 Å². The van der Waals surface area contributed by atoms with Crippen LogP contribution in [0.25, 0.3) is 0 Å². The van der Waals surface area contributed by atoms with E-state index in [0.717, 1.165) is 0 Å². The highest BCUT2D eigenvalue weighted by atomic mass is 35.5. The Hall–Kier alpha value is -0.770. The molecule has 0 saturated carbocycles. The van der Waals surface area contributed by atoms with E-state index >= 15 is 0 Å². The smallest absolute Gasteiger partial charge is 0.195 e. The van der Waals surface area contributed by atoms with Crippen LogP contribution in [-0.4, -0.2) is 25.6 Å². The van der Waals surface area contributed by atoms with E-state index in [1.165, 1.54) is 7.11 Å². The second-order valence-corrected chi connectivity index (χ2v) is 3.89. The molecule has 0 radical (unpaired) electrons. The number of halogens is 2. The lowest BCUT2D eigenvalue weighted by molar-refractivity contribution is 0.0954. The highest BCUT2D eigenvalue weighted by Gasteiger charge is 2.33. The lowest BCUT2D eigenvalue weighted by Gasteiger charge is -2.07. The molecule has 1 atom stereocenters. The van der Waals surface area contributed by atoms with Crippen LogP contribution in [0.15, 0.2) is 12.1 Å². The minimum absolute atomic E-state index is 0.135. The lowest BCUT2D eigenvalue weighted by atomic mass is 10.1. The molecule has 1 saturated heterocycles. The Morgan fingerprint density at radius 1 is 1.47 bits per heavy atom. The fourth-order valence-electron chi connectivity index (χ4n) is 1.25. The normalized spacial score (nSPS) is 18.7. The first kappa shape index (κ1) is 10.7. The largest absolute Gasteiger partial charge is 0.495 e. The minimum atomic E-state index is -0.355. The number of methoxy groups -OCH3 is 1. The van der Waals surface area contributed by atoms with E-state index in [-0.39, 0.29) is 21.9 Å². The summed E-state index contributed by atoms with van der Waals surface area (Å²) < 4.78 is 9.87. The maximum Gasteiger partial charge on any atom is 0.195 e. The standard InChI is InChI=1S/C10H8Cl2O3/c1-14-6-3-2-5(8(11)9(6)12)10(13)7-4-15-7/h2-3,7H,4H2,1H3. The summed E-state index contributed by atoms with van der Waals surface area (Å²) in [5.41, 5.74) is 0.380. The van der Waals surface area contributed by atoms with Gasteiger partial charge < -0.3 is 9.47 Å². The van der Waals surface area contributed by atoms with Crippen LogP contribution >= 0.6 is 23.2 Å². The van der Waals surface area contributed by atoms with Crippen molar-refractivity contribution in [3.8, 4) is 5.75 Å². The summed E-state index contributed by atoms with van der Waals surface area (Å²) in [6.07, 6.45) is -0.355. The summed E-state index contributed by atoms with van der Waals surface area (Å²) in [7, 11) is 1.49. The van der Waals surface area contributed by atoms with Crippen molar-refractivity contribution in [1.29, 1.82) is 0 Å². The summed E-state index contributed by atoms with van der Waals surface area (Å²) in [4.78, 5) is 11.7. The van der Waals surface area contributed by atoms with Crippen molar-refractivity contribution in [2.45, 2.75) is 6.10 Å². The van der Waals surface area contributed by atoms with Gasteiger partial charge in [-0.25, -0.2) is 0 Å². The van der Waals surface area contributed by atoms with Crippen molar-refractivity contribution >= 4 is 29.0 Å². The predicted octanol–water partition coefficient (Wildman–Crippen LogP) is 2.58. The molecule has 1 aromatic carbocycles. The Morgan fingerprint density at radius 2 is 2.13 bits per heavy atom. The average molecular weight is 247 g/mol. The fraction of sp³-hybridized carbons (Fsp3) is 0.300. The van der Waals surface area contributed by atoms with Gasteiger partial charge in [0.25, 0.3) is 0 Å². The Balaban J connectivity index is 2.40. The zero-order chi connectivity index (χ0) is 11.0. The van der Waals surface area contributed by atoms with E-state index in [2.05, 4.69) is 0 Å². The quantitative estimate of drug-likeness (QED) is 0.608. The maximum absolute atomic E-state index is 11.7. The van der Waals surface area contributed by atoms with Crippen molar-refractivity contribution in [2.75, 3.05) is 13.7 Å². The highest BCUT2D eigenvalue weighted by molar-refractivity contribution is 6.45. The predicted molar refractivity (Wildman–Crippen MR) is 57.1 cm³/mol. The van der Waals surface area contributed by atoms with Gasteiger partial charge in [-0.2, -0.15) is 0 Å². The van der Waals surface area contributed by atoms with Gasteiger partial charge in [0.1, 0.15) is 16.9 Å². The summed E-state index contributed by atoms with van der Waals surface area (Å²) in [6.45, 7) is 0.457. The van der Waals surface area contributed by atoms with Crippen molar-refractivity contribution in [1.82, 2.24) is 0 Å². The Labute approximate surface area is 96.9 Å². The molecule has 80 valence electrons. The van der Waals surface area contributed by atoms with Gasteiger partial charge in [0.2, 0.25) is 0 Å². The number of hydrogen-bond acceptors (Lipinski definition) is 3. The van der Waals surface area contributed by atoms with Gasteiger partial charge in [0.15, 0.2) is 5.78 Å². The minimum Gasteiger partial charge on any atom is -0.495 e. The molecule has 0 N–H and O–H groups in total. The Morgan fingerprint density at radius 3 is 2.67 bits per heavy atom. The monoisotopic (exact) mass is 246 g/mol. The molecule has 0 aliphatic carbocycles. The third kappa shape index (κ3) is 1.95. The van der Waals surface area contributed by atoms with Gasteiger partial charge in [-0.3, -0.25) is 4.79 Å². The number of carbonyl (C=O) groups is 1. The molecule has 15 heavy (non-hydrogen) atoms. The molecular weight excluding hydrogens is 239 g/mol. The van der Waals surface area contributed by atoms with Crippen LogP contribution in [0.3, 0.4) is 0 Å². The molecule has 0 bridgehead atoms. The van der Waals surface area contributed by atoms with E-state index in [9.17, 15) is 4.79 Å². The summed E-state index contributed by atoms with van der Waals surface area (Å²) in [5, 5.41) is 0.474. The van der Waals surface area contributed by atoms with E-state index < -0.39 is 0 Å². The zero-order valence-electron chi connectivity index (χ0n) is 7.92. The van der Waals surface area contributed by atoms with Crippen LogP contribution in [0.4, 0.5) is 0 Å². The van der Waals surface area contributed by atoms with Gasteiger partial charge in [-0.1, -0.05) is 23.2 Å². The molecular formula is C10H8Cl2O3. The zero-order valence-corrected chi connectivity index (χ0v) is 9.43. The third-order valence-corrected chi connectivity index (χ3v) is 3.02. The third-order valence-electron chi connectivity index (χ3n) is 2.16. The molecule has 1 aromatic rings. The first-order valence-corrected chi connectivity index (χ1v) is 5.08. The van der Waals surface area contributed by atoms with Crippen LogP contribution in [0.1, 0.15) is 10.4 Å². The van der Waals surface area contributed by atoms with Crippen LogP contribution in [-0.2, 0) is 4.74 Å². The highest BCUT2D eigenvalue weighted by Crippen LogP contribution is 2.35. The van der Waals surface area contributed by atoms with E-state index in [0.29, 0.717) is 17.9 Å². The lowest BCUT2D eigenvalue weighted by Crippen LogP contribution is -2.08. The molecule has 1 heterocycles. The number of benzene rings is 1. The number of hydrogen-bond donors (Lipinski definition) is 0. The van der Waals surface area contributed by atoms with Gasteiger partial charge in [-0.05, 0) is 12.1 Å². The molecule has 1 fully saturated rings. The van der Waals surface area contributed by atoms with Crippen LogP contribution in [0.2, 0.25) is 10.0 Å². The average Bonchev–Trinajstić information content (AvgIpc) is 3.04. The van der Waals surface area contributed by atoms with Crippen LogP contribution < -0.4 is 4.74 Å². The Bertz CT molecular complexity index is 413. The number of epoxide rings is 1. The molecule has 1 aliphatic heterocycles. The summed E-state index contributed by atoms with van der Waals surface area (Å²) >= 11 is 11.9. The van der Waals surface area contributed by atoms with Gasteiger partial charge >= 0.3 is 0 Å². The number of Topliss-reactive ketones (excluding diaryl/α,β-unsaturated/α-hetero) is 1. The van der Waals surface area contributed by atoms with Gasteiger partial charge in [0, 0.05) is 5.56 Å². The van der Waals surface area contributed by atoms with Crippen molar-refractivity contribution in [3.05, 3.63) is 27.7 Å². The SMILES string of the molecule is COc1ccc(C(=O)C2CO2)c(Cl)c1Cl. The van der Waals surface area contributed by atoms with Crippen LogP contribution in [0.5, 0.6) is 5.75 Å². The second-order valence-electron chi connectivity index (χ2n) is 3.13. The number of ether oxygens (including phenoxy) is 2.